The first-order chi connectivity index (χ1) is 9.41. The molecule has 0 aliphatic heterocycles. The molecule has 0 saturated heterocycles. The number of nitrogens with one attached hydrogen (secondary N) is 1. The molecule has 2 rings (SSSR count). The van der Waals surface area contributed by atoms with Gasteiger partial charge in [0.05, 0.1) is 22.8 Å². The molecule has 0 aliphatic rings. The van der Waals surface area contributed by atoms with Crippen LogP contribution < -0.4 is 5.32 Å². The molecule has 0 saturated carbocycles. The Labute approximate surface area is 116 Å². The maximum Gasteiger partial charge on any atom is 0.417 e. The van der Waals surface area contributed by atoms with E-state index in [-0.39, 0.29) is 5.69 Å². The monoisotopic (exact) mass is 296 g/mol. The van der Waals surface area contributed by atoms with E-state index in [0.29, 0.717) is 5.56 Å². The fourth-order valence-corrected chi connectivity index (χ4v) is 2.19. The molecule has 1 heterocycles. The highest BCUT2D eigenvalue weighted by molar-refractivity contribution is 7.08. The van der Waals surface area contributed by atoms with Gasteiger partial charge in [-0.05, 0) is 29.6 Å². The number of nitriles is 1. The SMILES string of the molecule is N#Cc1ccc(NC(=O)c2ccsc2)cc1C(F)(F)F. The van der Waals surface area contributed by atoms with E-state index < -0.39 is 23.2 Å². The average molecular weight is 296 g/mol. The molecule has 1 aromatic heterocycles. The van der Waals surface area contributed by atoms with Crippen LogP contribution >= 0.6 is 11.3 Å². The smallest absolute Gasteiger partial charge is 0.322 e. The van der Waals surface area contributed by atoms with Gasteiger partial charge in [0.2, 0.25) is 0 Å². The van der Waals surface area contributed by atoms with E-state index in [0.717, 1.165) is 12.1 Å². The van der Waals surface area contributed by atoms with Crippen LogP contribution in [-0.2, 0) is 6.18 Å². The van der Waals surface area contributed by atoms with Crippen LogP contribution in [0.3, 0.4) is 0 Å². The Kier molecular flexibility index (Phi) is 3.77. The standard InChI is InChI=1S/C13H7F3N2OS/c14-13(15,16)11-5-10(2-1-8(11)6-17)18-12(19)9-3-4-20-7-9/h1-5,7H,(H,18,19). The highest BCUT2D eigenvalue weighted by Crippen LogP contribution is 2.33. The Morgan fingerprint density at radius 3 is 2.60 bits per heavy atom. The molecule has 7 heteroatoms. The van der Waals surface area contributed by atoms with Crippen molar-refractivity contribution in [3.05, 3.63) is 51.7 Å². The van der Waals surface area contributed by atoms with Crippen molar-refractivity contribution >= 4 is 22.9 Å². The van der Waals surface area contributed by atoms with Crippen LogP contribution in [-0.4, -0.2) is 5.91 Å². The molecule has 0 atom stereocenters. The Morgan fingerprint density at radius 1 is 1.30 bits per heavy atom. The summed E-state index contributed by atoms with van der Waals surface area (Å²) in [5.74, 6) is -0.496. The number of alkyl halides is 3. The van der Waals surface area contributed by atoms with E-state index >= 15 is 0 Å². The highest BCUT2D eigenvalue weighted by Gasteiger charge is 2.33. The van der Waals surface area contributed by atoms with E-state index in [2.05, 4.69) is 5.32 Å². The highest BCUT2D eigenvalue weighted by atomic mass is 32.1. The molecule has 0 unspecified atom stereocenters. The van der Waals surface area contributed by atoms with E-state index in [1.54, 1.807) is 16.8 Å². The van der Waals surface area contributed by atoms with Crippen LogP contribution in [0.25, 0.3) is 0 Å². The number of halogens is 3. The van der Waals surface area contributed by atoms with Gasteiger partial charge in [0.1, 0.15) is 0 Å². The quantitative estimate of drug-likeness (QED) is 0.914. The summed E-state index contributed by atoms with van der Waals surface area (Å²) >= 11 is 1.31. The van der Waals surface area contributed by atoms with E-state index in [4.69, 9.17) is 5.26 Å². The summed E-state index contributed by atoms with van der Waals surface area (Å²) in [6, 6.07) is 6.09. The van der Waals surface area contributed by atoms with E-state index in [1.807, 2.05) is 0 Å². The van der Waals surface area contributed by atoms with Gasteiger partial charge in [0, 0.05) is 11.1 Å². The molecule has 2 aromatic rings. The molecular formula is C13H7F3N2OS. The first-order valence-electron chi connectivity index (χ1n) is 5.36. The van der Waals surface area contributed by atoms with Crippen LogP contribution in [0.5, 0.6) is 0 Å². The molecule has 0 fully saturated rings. The van der Waals surface area contributed by atoms with E-state index in [1.165, 1.54) is 23.5 Å². The number of hydrogen-bond acceptors (Lipinski definition) is 3. The summed E-state index contributed by atoms with van der Waals surface area (Å²) in [4.78, 5) is 11.7. The van der Waals surface area contributed by atoms with Gasteiger partial charge in [-0.15, -0.1) is 0 Å². The molecule has 3 nitrogen and oxygen atoms in total. The Bertz CT molecular complexity index is 672. The summed E-state index contributed by atoms with van der Waals surface area (Å²) < 4.78 is 38.3. The van der Waals surface area contributed by atoms with Gasteiger partial charge in [0.15, 0.2) is 0 Å². The van der Waals surface area contributed by atoms with Gasteiger partial charge in [-0.2, -0.15) is 29.8 Å². The van der Waals surface area contributed by atoms with Crippen molar-refractivity contribution in [2.24, 2.45) is 0 Å². The Morgan fingerprint density at radius 2 is 2.05 bits per heavy atom. The number of anilines is 1. The van der Waals surface area contributed by atoms with Gasteiger partial charge in [0.25, 0.3) is 5.91 Å². The second-order valence-corrected chi connectivity index (χ2v) is 4.62. The lowest BCUT2D eigenvalue weighted by Crippen LogP contribution is -2.13. The van der Waals surface area contributed by atoms with Crippen LogP contribution in [0.1, 0.15) is 21.5 Å². The minimum atomic E-state index is -4.64. The molecular weight excluding hydrogens is 289 g/mol. The summed E-state index contributed by atoms with van der Waals surface area (Å²) in [5.41, 5.74) is -1.19. The van der Waals surface area contributed by atoms with Crippen molar-refractivity contribution in [3.8, 4) is 6.07 Å². The summed E-state index contributed by atoms with van der Waals surface area (Å²) in [5, 5.41) is 14.3. The zero-order valence-corrected chi connectivity index (χ0v) is 10.7. The van der Waals surface area contributed by atoms with Crippen LogP contribution in [0.4, 0.5) is 18.9 Å². The van der Waals surface area contributed by atoms with Gasteiger partial charge in [-0.25, -0.2) is 0 Å². The topological polar surface area (TPSA) is 52.9 Å². The number of rotatable bonds is 2. The third-order valence-electron chi connectivity index (χ3n) is 2.49. The predicted octanol–water partition coefficient (Wildman–Crippen LogP) is 3.89. The number of amides is 1. The summed E-state index contributed by atoms with van der Waals surface area (Å²) in [6.45, 7) is 0. The molecule has 1 amide bonds. The second-order valence-electron chi connectivity index (χ2n) is 3.84. The minimum absolute atomic E-state index is 0.00692. The number of hydrogen-bond donors (Lipinski definition) is 1. The van der Waals surface area contributed by atoms with Crippen molar-refractivity contribution in [1.29, 1.82) is 5.26 Å². The third-order valence-corrected chi connectivity index (χ3v) is 3.17. The second kappa shape index (κ2) is 5.35. The van der Waals surface area contributed by atoms with Gasteiger partial charge < -0.3 is 5.32 Å². The number of carbonyl (C=O) groups is 1. The molecule has 1 N–H and O–H groups in total. The number of nitrogens with zero attached hydrogens (tertiary/aromatic N) is 1. The molecule has 102 valence electrons. The van der Waals surface area contributed by atoms with Gasteiger partial charge >= 0.3 is 6.18 Å². The molecule has 20 heavy (non-hydrogen) atoms. The maximum atomic E-state index is 12.8. The molecule has 0 bridgehead atoms. The average Bonchev–Trinajstić information content (AvgIpc) is 2.91. The molecule has 0 spiro atoms. The van der Waals surface area contributed by atoms with Crippen LogP contribution in [0, 0.1) is 11.3 Å². The zero-order chi connectivity index (χ0) is 14.8. The fourth-order valence-electron chi connectivity index (χ4n) is 1.55. The maximum absolute atomic E-state index is 12.8. The Balaban J connectivity index is 2.31. The first-order valence-corrected chi connectivity index (χ1v) is 6.31. The minimum Gasteiger partial charge on any atom is -0.322 e. The lowest BCUT2D eigenvalue weighted by molar-refractivity contribution is -0.137. The van der Waals surface area contributed by atoms with Crippen LogP contribution in [0.15, 0.2) is 35.0 Å². The predicted molar refractivity (Wildman–Crippen MR) is 68.4 cm³/mol. The van der Waals surface area contributed by atoms with E-state index in [9.17, 15) is 18.0 Å². The van der Waals surface area contributed by atoms with Crippen LogP contribution in [0.2, 0.25) is 0 Å². The van der Waals surface area contributed by atoms with Gasteiger partial charge in [-0.3, -0.25) is 4.79 Å². The largest absolute Gasteiger partial charge is 0.417 e. The number of benzene rings is 1. The number of thiophene rings is 1. The lowest BCUT2D eigenvalue weighted by Gasteiger charge is -2.11. The lowest BCUT2D eigenvalue weighted by atomic mass is 10.1. The van der Waals surface area contributed by atoms with Crippen molar-refractivity contribution in [2.75, 3.05) is 5.32 Å². The van der Waals surface area contributed by atoms with Crippen molar-refractivity contribution < 1.29 is 18.0 Å². The fraction of sp³-hybridized carbons (Fsp3) is 0.0769. The van der Waals surface area contributed by atoms with Crippen molar-refractivity contribution in [3.63, 3.8) is 0 Å². The third kappa shape index (κ3) is 2.97. The molecule has 1 aromatic carbocycles. The van der Waals surface area contributed by atoms with Crippen molar-refractivity contribution in [1.82, 2.24) is 0 Å². The Hall–Kier alpha value is -2.33. The van der Waals surface area contributed by atoms with Gasteiger partial charge in [-0.1, -0.05) is 0 Å². The molecule has 0 radical (unpaired) electrons. The normalized spacial score (nSPS) is 10.9. The summed E-state index contributed by atoms with van der Waals surface area (Å²) in [6.07, 6.45) is -4.64. The summed E-state index contributed by atoms with van der Waals surface area (Å²) in [7, 11) is 0. The zero-order valence-electron chi connectivity index (χ0n) is 9.86. The van der Waals surface area contributed by atoms with Crippen molar-refractivity contribution in [2.45, 2.75) is 6.18 Å². The first kappa shape index (κ1) is 14.1. The molecule has 0 aliphatic carbocycles. The number of carbonyl (C=O) groups excluding carboxylic acids is 1.